The normalized spacial score (nSPS) is 10.9. The number of amides is 1. The van der Waals surface area contributed by atoms with E-state index in [-0.39, 0.29) is 12.5 Å². The first-order valence-electron chi connectivity index (χ1n) is 9.50. The largest absolute Gasteiger partial charge is 0.462 e. The van der Waals surface area contributed by atoms with Crippen molar-refractivity contribution in [2.45, 2.75) is 20.4 Å². The van der Waals surface area contributed by atoms with Crippen molar-refractivity contribution in [1.82, 2.24) is 14.8 Å². The van der Waals surface area contributed by atoms with Crippen LogP contribution in [0, 0.1) is 6.92 Å². The molecule has 0 fully saturated rings. The molecule has 0 radical (unpaired) electrons. The second-order valence-electron chi connectivity index (χ2n) is 6.66. The molecule has 1 amide bonds. The molecule has 2 aromatic heterocycles. The number of fused-ring (bicyclic) bond motifs is 1. The third kappa shape index (κ3) is 3.93. The van der Waals surface area contributed by atoms with E-state index in [9.17, 15) is 9.59 Å². The van der Waals surface area contributed by atoms with E-state index in [0.29, 0.717) is 29.6 Å². The van der Waals surface area contributed by atoms with E-state index in [1.807, 2.05) is 35.0 Å². The number of benzene rings is 2. The predicted octanol–water partition coefficient (Wildman–Crippen LogP) is 3.82. The minimum atomic E-state index is -0.391. The van der Waals surface area contributed by atoms with Crippen molar-refractivity contribution in [2.75, 3.05) is 11.9 Å². The summed E-state index contributed by atoms with van der Waals surface area (Å²) in [6, 6.07) is 14.3. The summed E-state index contributed by atoms with van der Waals surface area (Å²) in [6.07, 6.45) is 1.83. The average molecular weight is 404 g/mol. The molecule has 4 aromatic rings. The van der Waals surface area contributed by atoms with Crippen LogP contribution >= 0.6 is 0 Å². The molecule has 152 valence electrons. The van der Waals surface area contributed by atoms with Gasteiger partial charge in [-0.3, -0.25) is 4.79 Å². The molecule has 0 aliphatic rings. The number of nitrogens with zero attached hydrogens (tertiary/aromatic N) is 3. The van der Waals surface area contributed by atoms with Crippen molar-refractivity contribution in [3.8, 4) is 11.5 Å². The topological polar surface area (TPSA) is 99.2 Å². The first-order chi connectivity index (χ1) is 14.5. The van der Waals surface area contributed by atoms with Gasteiger partial charge in [-0.2, -0.15) is 0 Å². The molecule has 8 heteroatoms. The maximum atomic E-state index is 12.6. The zero-order valence-electron chi connectivity index (χ0n) is 16.6. The van der Waals surface area contributed by atoms with Crippen LogP contribution in [0.5, 0.6) is 0 Å². The molecule has 8 nitrogen and oxygen atoms in total. The number of carbonyl (C=O) groups excluding carboxylic acids is 2. The second kappa shape index (κ2) is 8.20. The highest BCUT2D eigenvalue weighted by atomic mass is 16.5. The van der Waals surface area contributed by atoms with E-state index >= 15 is 0 Å². The number of nitrogens with one attached hydrogen (secondary N) is 1. The molecule has 4 rings (SSSR count). The van der Waals surface area contributed by atoms with Crippen LogP contribution in [-0.4, -0.2) is 33.2 Å². The van der Waals surface area contributed by atoms with E-state index in [0.717, 1.165) is 16.5 Å². The van der Waals surface area contributed by atoms with Gasteiger partial charge in [0, 0.05) is 29.7 Å². The first kappa shape index (κ1) is 19.4. The van der Waals surface area contributed by atoms with Crippen LogP contribution in [-0.2, 0) is 16.1 Å². The van der Waals surface area contributed by atoms with Gasteiger partial charge in [-0.15, -0.1) is 10.2 Å². The van der Waals surface area contributed by atoms with E-state index in [2.05, 4.69) is 15.5 Å². The molecular formula is C22H20N4O4. The fourth-order valence-corrected chi connectivity index (χ4v) is 3.21. The lowest BCUT2D eigenvalue weighted by atomic mass is 10.2. The molecule has 1 N–H and O–H groups in total. The van der Waals surface area contributed by atoms with E-state index < -0.39 is 5.97 Å². The first-order valence-corrected chi connectivity index (χ1v) is 9.50. The number of esters is 1. The summed E-state index contributed by atoms with van der Waals surface area (Å²) in [7, 11) is 0. The molecule has 0 atom stereocenters. The molecule has 2 heterocycles. The SMILES string of the molecule is CCOC(=O)c1ccc(NC(=O)Cn2cc(-c3nnc(C)o3)c3ccccc32)cc1. The Morgan fingerprint density at radius 2 is 1.87 bits per heavy atom. The molecule has 0 bridgehead atoms. The standard InChI is InChI=1S/C22H20N4O4/c1-3-29-22(28)15-8-10-16(11-9-15)23-20(27)13-26-12-18(21-25-24-14(2)30-21)17-6-4-5-7-19(17)26/h4-12H,3,13H2,1-2H3,(H,23,27). The Bertz CT molecular complexity index is 1210. The molecule has 0 aliphatic carbocycles. The number of hydrogen-bond acceptors (Lipinski definition) is 6. The Morgan fingerprint density at radius 1 is 1.10 bits per heavy atom. The maximum Gasteiger partial charge on any atom is 0.338 e. The fourth-order valence-electron chi connectivity index (χ4n) is 3.21. The Kier molecular flexibility index (Phi) is 5.30. The van der Waals surface area contributed by atoms with Crippen LogP contribution in [0.2, 0.25) is 0 Å². The summed E-state index contributed by atoms with van der Waals surface area (Å²) < 4.78 is 12.4. The minimum absolute atomic E-state index is 0.104. The lowest BCUT2D eigenvalue weighted by molar-refractivity contribution is -0.116. The monoisotopic (exact) mass is 404 g/mol. The summed E-state index contributed by atoms with van der Waals surface area (Å²) in [6.45, 7) is 3.90. The molecular weight excluding hydrogens is 384 g/mol. The van der Waals surface area contributed by atoms with Gasteiger partial charge in [0.15, 0.2) is 0 Å². The van der Waals surface area contributed by atoms with Gasteiger partial charge < -0.3 is 19.0 Å². The van der Waals surface area contributed by atoms with E-state index in [4.69, 9.17) is 9.15 Å². The third-order valence-corrected chi connectivity index (χ3v) is 4.54. The van der Waals surface area contributed by atoms with Crippen molar-refractivity contribution < 1.29 is 18.7 Å². The van der Waals surface area contributed by atoms with Crippen LogP contribution in [0.15, 0.2) is 59.1 Å². The summed E-state index contributed by atoms with van der Waals surface area (Å²) in [5.74, 6) is 0.300. The van der Waals surface area contributed by atoms with Gasteiger partial charge in [-0.25, -0.2) is 4.79 Å². The molecule has 0 unspecified atom stereocenters. The highest BCUT2D eigenvalue weighted by molar-refractivity contribution is 5.97. The fraction of sp³-hybridized carbons (Fsp3) is 0.182. The smallest absolute Gasteiger partial charge is 0.338 e. The average Bonchev–Trinajstić information content (AvgIpc) is 3.32. The summed E-state index contributed by atoms with van der Waals surface area (Å²) in [5, 5.41) is 11.7. The summed E-state index contributed by atoms with van der Waals surface area (Å²) in [4.78, 5) is 24.4. The summed E-state index contributed by atoms with van der Waals surface area (Å²) in [5.41, 5.74) is 2.69. The number of anilines is 1. The number of aryl methyl sites for hydroxylation is 1. The van der Waals surface area contributed by atoms with Gasteiger partial charge in [0.1, 0.15) is 6.54 Å². The van der Waals surface area contributed by atoms with Crippen molar-refractivity contribution in [3.63, 3.8) is 0 Å². The molecule has 30 heavy (non-hydrogen) atoms. The van der Waals surface area contributed by atoms with Gasteiger partial charge in [-0.05, 0) is 37.3 Å². The van der Waals surface area contributed by atoms with Crippen LogP contribution in [0.1, 0.15) is 23.2 Å². The van der Waals surface area contributed by atoms with Crippen molar-refractivity contribution in [2.24, 2.45) is 0 Å². The molecule has 0 saturated carbocycles. The van der Waals surface area contributed by atoms with Crippen LogP contribution in [0.4, 0.5) is 5.69 Å². The van der Waals surface area contributed by atoms with Gasteiger partial charge in [0.2, 0.25) is 17.7 Å². The highest BCUT2D eigenvalue weighted by Crippen LogP contribution is 2.29. The Labute approximate surface area is 172 Å². The number of rotatable bonds is 6. The number of carbonyl (C=O) groups is 2. The predicted molar refractivity (Wildman–Crippen MR) is 111 cm³/mol. The Balaban J connectivity index is 1.53. The Hall–Kier alpha value is -3.94. The second-order valence-corrected chi connectivity index (χ2v) is 6.66. The molecule has 2 aromatic carbocycles. The highest BCUT2D eigenvalue weighted by Gasteiger charge is 2.16. The number of para-hydroxylation sites is 1. The van der Waals surface area contributed by atoms with Gasteiger partial charge in [0.05, 0.1) is 17.7 Å². The van der Waals surface area contributed by atoms with Gasteiger partial charge in [-0.1, -0.05) is 18.2 Å². The lowest BCUT2D eigenvalue weighted by Crippen LogP contribution is -2.18. The van der Waals surface area contributed by atoms with Crippen molar-refractivity contribution in [1.29, 1.82) is 0 Å². The Morgan fingerprint density at radius 3 is 2.57 bits per heavy atom. The maximum absolute atomic E-state index is 12.6. The number of hydrogen-bond donors (Lipinski definition) is 1. The molecule has 0 saturated heterocycles. The van der Waals surface area contributed by atoms with E-state index in [1.54, 1.807) is 38.1 Å². The summed E-state index contributed by atoms with van der Waals surface area (Å²) >= 11 is 0. The van der Waals surface area contributed by atoms with Crippen molar-refractivity contribution in [3.05, 3.63) is 66.2 Å². The zero-order chi connectivity index (χ0) is 21.1. The quantitative estimate of drug-likeness (QED) is 0.491. The van der Waals surface area contributed by atoms with Crippen LogP contribution < -0.4 is 5.32 Å². The van der Waals surface area contributed by atoms with Gasteiger partial charge >= 0.3 is 5.97 Å². The van der Waals surface area contributed by atoms with Crippen LogP contribution in [0.3, 0.4) is 0 Å². The van der Waals surface area contributed by atoms with E-state index in [1.165, 1.54) is 0 Å². The minimum Gasteiger partial charge on any atom is -0.462 e. The number of ether oxygens (including phenoxy) is 1. The molecule has 0 spiro atoms. The van der Waals surface area contributed by atoms with Gasteiger partial charge in [0.25, 0.3) is 0 Å². The van der Waals surface area contributed by atoms with Crippen LogP contribution in [0.25, 0.3) is 22.4 Å². The lowest BCUT2D eigenvalue weighted by Gasteiger charge is -2.08. The number of aromatic nitrogens is 3. The molecule has 0 aliphatic heterocycles. The van der Waals surface area contributed by atoms with Crippen molar-refractivity contribution >= 4 is 28.5 Å². The third-order valence-electron chi connectivity index (χ3n) is 4.54. The zero-order valence-corrected chi connectivity index (χ0v) is 16.6.